The van der Waals surface area contributed by atoms with E-state index in [1.54, 1.807) is 24.3 Å². The Balaban J connectivity index is 2.85. The van der Waals surface area contributed by atoms with E-state index >= 15 is 0 Å². The molecule has 0 radical (unpaired) electrons. The molecular formula is C10H8N2O3. The molecule has 0 aliphatic carbocycles. The molecule has 0 fully saturated rings. The number of nitro groups is 1. The number of hydrogen-bond acceptors (Lipinski definition) is 4. The van der Waals surface area contributed by atoms with Gasteiger partial charge in [0, 0.05) is 11.6 Å². The van der Waals surface area contributed by atoms with Gasteiger partial charge in [0.15, 0.2) is 0 Å². The van der Waals surface area contributed by atoms with Gasteiger partial charge >= 0.3 is 5.69 Å². The average molecular weight is 204 g/mol. The van der Waals surface area contributed by atoms with Gasteiger partial charge < -0.3 is 5.11 Å². The summed E-state index contributed by atoms with van der Waals surface area (Å²) in [5.41, 5.74) is 0.482. The molecule has 1 aromatic heterocycles. The van der Waals surface area contributed by atoms with Crippen LogP contribution in [0.5, 0.6) is 0 Å². The van der Waals surface area contributed by atoms with Gasteiger partial charge in [-0.1, -0.05) is 12.1 Å². The Hall–Kier alpha value is -2.01. The summed E-state index contributed by atoms with van der Waals surface area (Å²) in [6.07, 6.45) is 1.50. The van der Waals surface area contributed by atoms with Crippen LogP contribution in [0.4, 0.5) is 5.69 Å². The average Bonchev–Trinajstić information content (AvgIpc) is 2.27. The molecular weight excluding hydrogens is 196 g/mol. The van der Waals surface area contributed by atoms with E-state index in [4.69, 9.17) is 5.11 Å². The molecule has 0 unspecified atom stereocenters. The number of nitrogens with zero attached hydrogens (tertiary/aromatic N) is 2. The highest BCUT2D eigenvalue weighted by molar-refractivity contribution is 5.88. The van der Waals surface area contributed by atoms with Gasteiger partial charge in [-0.2, -0.15) is 0 Å². The Kier molecular flexibility index (Phi) is 2.31. The fraction of sp³-hybridized carbons (Fsp3) is 0.100. The third-order valence-electron chi connectivity index (χ3n) is 2.18. The highest BCUT2D eigenvalue weighted by atomic mass is 16.6. The Bertz CT molecular complexity index is 525. The number of pyridine rings is 1. The summed E-state index contributed by atoms with van der Waals surface area (Å²) < 4.78 is 0. The second kappa shape index (κ2) is 3.62. The standard InChI is InChI=1S/C10H8N2O3/c13-6-8-4-3-7-2-1-5-11-9(7)10(8)12(14)15/h1-5,13H,6H2. The van der Waals surface area contributed by atoms with E-state index in [1.165, 1.54) is 6.20 Å². The van der Waals surface area contributed by atoms with Gasteiger partial charge in [0.1, 0.15) is 5.52 Å². The van der Waals surface area contributed by atoms with E-state index in [9.17, 15) is 10.1 Å². The summed E-state index contributed by atoms with van der Waals surface area (Å²) in [6, 6.07) is 6.71. The monoisotopic (exact) mass is 204 g/mol. The molecule has 0 atom stereocenters. The number of hydrogen-bond donors (Lipinski definition) is 1. The quantitative estimate of drug-likeness (QED) is 0.595. The van der Waals surface area contributed by atoms with Crippen molar-refractivity contribution in [2.24, 2.45) is 0 Å². The predicted octanol–water partition coefficient (Wildman–Crippen LogP) is 1.64. The molecule has 0 bridgehead atoms. The van der Waals surface area contributed by atoms with Crippen LogP contribution < -0.4 is 0 Å². The molecule has 1 N–H and O–H groups in total. The van der Waals surface area contributed by atoms with Crippen molar-refractivity contribution in [1.82, 2.24) is 4.98 Å². The van der Waals surface area contributed by atoms with E-state index in [2.05, 4.69) is 4.98 Å². The molecule has 0 spiro atoms. The summed E-state index contributed by atoms with van der Waals surface area (Å²) in [5.74, 6) is 0. The highest BCUT2D eigenvalue weighted by Crippen LogP contribution is 2.27. The third-order valence-corrected chi connectivity index (χ3v) is 2.18. The van der Waals surface area contributed by atoms with E-state index in [0.29, 0.717) is 10.9 Å². The Morgan fingerprint density at radius 3 is 2.87 bits per heavy atom. The Morgan fingerprint density at radius 2 is 2.20 bits per heavy atom. The molecule has 2 aromatic rings. The number of fused-ring (bicyclic) bond motifs is 1. The zero-order valence-corrected chi connectivity index (χ0v) is 7.75. The lowest BCUT2D eigenvalue weighted by Crippen LogP contribution is -1.97. The van der Waals surface area contributed by atoms with Crippen molar-refractivity contribution in [2.45, 2.75) is 6.61 Å². The smallest absolute Gasteiger partial charge is 0.300 e. The van der Waals surface area contributed by atoms with Crippen molar-refractivity contribution < 1.29 is 10.0 Å². The first-order valence-corrected chi connectivity index (χ1v) is 4.36. The summed E-state index contributed by atoms with van der Waals surface area (Å²) >= 11 is 0. The van der Waals surface area contributed by atoms with Crippen LogP contribution in [0.15, 0.2) is 30.5 Å². The van der Waals surface area contributed by atoms with Crippen LogP contribution in [0, 0.1) is 10.1 Å². The van der Waals surface area contributed by atoms with Crippen LogP contribution in [-0.4, -0.2) is 15.0 Å². The van der Waals surface area contributed by atoms with Gasteiger partial charge in [-0.05, 0) is 12.1 Å². The van der Waals surface area contributed by atoms with Crippen molar-refractivity contribution >= 4 is 16.6 Å². The van der Waals surface area contributed by atoms with Gasteiger partial charge in [0.05, 0.1) is 17.1 Å². The van der Waals surface area contributed by atoms with E-state index in [-0.39, 0.29) is 17.9 Å². The molecule has 0 aliphatic rings. The number of rotatable bonds is 2. The van der Waals surface area contributed by atoms with Gasteiger partial charge in [-0.3, -0.25) is 10.1 Å². The number of aromatic nitrogens is 1. The zero-order valence-electron chi connectivity index (χ0n) is 7.75. The number of nitro benzene ring substituents is 1. The van der Waals surface area contributed by atoms with Crippen molar-refractivity contribution in [3.63, 3.8) is 0 Å². The van der Waals surface area contributed by atoms with Crippen molar-refractivity contribution in [2.75, 3.05) is 0 Å². The fourth-order valence-electron chi connectivity index (χ4n) is 1.50. The van der Waals surface area contributed by atoms with Gasteiger partial charge in [-0.15, -0.1) is 0 Å². The minimum atomic E-state index is -0.513. The second-order valence-electron chi connectivity index (χ2n) is 3.06. The minimum absolute atomic E-state index is 0.115. The SMILES string of the molecule is O=[N+]([O-])c1c(CO)ccc2cccnc12. The summed E-state index contributed by atoms with van der Waals surface area (Å²) in [6.45, 7) is -0.358. The van der Waals surface area contributed by atoms with Crippen LogP contribution in [0.3, 0.4) is 0 Å². The maximum absolute atomic E-state index is 10.8. The van der Waals surface area contributed by atoms with Crippen molar-refractivity contribution in [3.05, 3.63) is 46.1 Å². The van der Waals surface area contributed by atoms with Crippen LogP contribution in [0.1, 0.15) is 5.56 Å². The van der Waals surface area contributed by atoms with Crippen LogP contribution in [0.2, 0.25) is 0 Å². The number of aliphatic hydroxyl groups excluding tert-OH is 1. The molecule has 1 heterocycles. The molecule has 1 aromatic carbocycles. The molecule has 5 nitrogen and oxygen atoms in total. The minimum Gasteiger partial charge on any atom is -0.391 e. The Labute approximate surface area is 85.1 Å². The molecule has 2 rings (SSSR count). The maximum Gasteiger partial charge on any atom is 0.300 e. The van der Waals surface area contributed by atoms with Crippen molar-refractivity contribution in [3.8, 4) is 0 Å². The van der Waals surface area contributed by atoms with Crippen LogP contribution >= 0.6 is 0 Å². The highest BCUT2D eigenvalue weighted by Gasteiger charge is 2.18. The molecule has 0 amide bonds. The van der Waals surface area contributed by atoms with Gasteiger partial charge in [-0.25, -0.2) is 4.98 Å². The first-order valence-electron chi connectivity index (χ1n) is 4.36. The lowest BCUT2D eigenvalue weighted by atomic mass is 10.1. The molecule has 0 saturated heterocycles. The predicted molar refractivity (Wildman–Crippen MR) is 54.3 cm³/mol. The van der Waals surface area contributed by atoms with Gasteiger partial charge in [0.25, 0.3) is 0 Å². The first-order chi connectivity index (χ1) is 7.24. The van der Waals surface area contributed by atoms with Crippen molar-refractivity contribution in [1.29, 1.82) is 0 Å². The third kappa shape index (κ3) is 1.53. The van der Waals surface area contributed by atoms with Crippen LogP contribution in [0.25, 0.3) is 10.9 Å². The second-order valence-corrected chi connectivity index (χ2v) is 3.06. The largest absolute Gasteiger partial charge is 0.391 e. The number of aliphatic hydroxyl groups is 1. The number of benzene rings is 1. The van der Waals surface area contributed by atoms with E-state index in [0.717, 1.165) is 0 Å². The van der Waals surface area contributed by atoms with Gasteiger partial charge in [0.2, 0.25) is 0 Å². The molecule has 0 aliphatic heterocycles. The summed E-state index contributed by atoms with van der Waals surface area (Å²) in [7, 11) is 0. The zero-order chi connectivity index (χ0) is 10.8. The van der Waals surface area contributed by atoms with Crippen LogP contribution in [-0.2, 0) is 6.61 Å². The lowest BCUT2D eigenvalue weighted by molar-refractivity contribution is -0.384. The normalized spacial score (nSPS) is 10.5. The van der Waals surface area contributed by atoms with E-state index < -0.39 is 4.92 Å². The molecule has 15 heavy (non-hydrogen) atoms. The first kappa shape index (κ1) is 9.54. The fourth-order valence-corrected chi connectivity index (χ4v) is 1.50. The molecule has 76 valence electrons. The molecule has 0 saturated carbocycles. The van der Waals surface area contributed by atoms with E-state index in [1.807, 2.05) is 0 Å². The lowest BCUT2D eigenvalue weighted by Gasteiger charge is -2.02. The Morgan fingerprint density at radius 1 is 1.40 bits per heavy atom. The molecule has 5 heteroatoms. The summed E-state index contributed by atoms with van der Waals surface area (Å²) in [5, 5.41) is 20.5. The summed E-state index contributed by atoms with van der Waals surface area (Å²) in [4.78, 5) is 14.3. The maximum atomic E-state index is 10.8. The topological polar surface area (TPSA) is 76.3 Å².